The highest BCUT2D eigenvalue weighted by Crippen LogP contribution is 2.16. The number of H-pyrrole nitrogens is 1. The van der Waals surface area contributed by atoms with Gasteiger partial charge in [-0.05, 0) is 70.6 Å². The highest BCUT2D eigenvalue weighted by atomic mass is 79.9. The fourth-order valence-corrected chi connectivity index (χ4v) is 3.05. The zero-order chi connectivity index (χ0) is 17.1. The highest BCUT2D eigenvalue weighted by molar-refractivity contribution is 9.10. The Hall–Kier alpha value is -2.40. The normalized spacial score (nSPS) is 10.8. The molecule has 0 bridgehead atoms. The van der Waals surface area contributed by atoms with Crippen LogP contribution < -0.4 is 10.9 Å². The zero-order valence-corrected chi connectivity index (χ0v) is 14.8. The first-order valence-electron chi connectivity index (χ1n) is 7.70. The third kappa shape index (κ3) is 3.57. The number of carbonyl (C=O) groups is 1. The predicted molar refractivity (Wildman–Crippen MR) is 99.5 cm³/mol. The smallest absolute Gasteiger partial charge is 0.252 e. The molecular formula is C19H17BrN2O2. The van der Waals surface area contributed by atoms with Gasteiger partial charge in [-0.3, -0.25) is 9.59 Å². The number of pyridine rings is 1. The van der Waals surface area contributed by atoms with Gasteiger partial charge in [0.1, 0.15) is 0 Å². The van der Waals surface area contributed by atoms with Crippen molar-refractivity contribution in [3.05, 3.63) is 80.0 Å². The Morgan fingerprint density at radius 3 is 2.75 bits per heavy atom. The SMILES string of the molecule is Cc1cc2cc(CCNC(=O)c3ccccc3Br)ccc2[nH]c1=O. The van der Waals surface area contributed by atoms with Gasteiger partial charge >= 0.3 is 0 Å². The van der Waals surface area contributed by atoms with Crippen LogP contribution in [0.4, 0.5) is 0 Å². The largest absolute Gasteiger partial charge is 0.352 e. The zero-order valence-electron chi connectivity index (χ0n) is 13.2. The van der Waals surface area contributed by atoms with Crippen molar-refractivity contribution in [3.63, 3.8) is 0 Å². The number of benzene rings is 2. The first-order valence-corrected chi connectivity index (χ1v) is 8.49. The molecular weight excluding hydrogens is 368 g/mol. The second-order valence-electron chi connectivity index (χ2n) is 5.69. The molecule has 4 nitrogen and oxygen atoms in total. The Morgan fingerprint density at radius 2 is 1.96 bits per heavy atom. The molecule has 0 saturated heterocycles. The number of carbonyl (C=O) groups excluding carboxylic acids is 1. The Kier molecular flexibility index (Phi) is 4.81. The van der Waals surface area contributed by atoms with Gasteiger partial charge in [0.15, 0.2) is 0 Å². The van der Waals surface area contributed by atoms with E-state index in [4.69, 9.17) is 0 Å². The molecule has 0 radical (unpaired) electrons. The molecule has 1 aromatic heterocycles. The summed E-state index contributed by atoms with van der Waals surface area (Å²) in [6.07, 6.45) is 0.726. The molecule has 0 unspecified atom stereocenters. The van der Waals surface area contributed by atoms with E-state index in [0.717, 1.165) is 27.4 Å². The van der Waals surface area contributed by atoms with Gasteiger partial charge in [0.2, 0.25) is 0 Å². The minimum atomic E-state index is -0.0940. The molecule has 1 amide bonds. The van der Waals surface area contributed by atoms with Gasteiger partial charge in [-0.15, -0.1) is 0 Å². The fraction of sp³-hybridized carbons (Fsp3) is 0.158. The third-order valence-electron chi connectivity index (χ3n) is 3.91. The van der Waals surface area contributed by atoms with Gasteiger partial charge in [-0.2, -0.15) is 0 Å². The van der Waals surface area contributed by atoms with E-state index >= 15 is 0 Å². The van der Waals surface area contributed by atoms with E-state index in [-0.39, 0.29) is 11.5 Å². The molecule has 0 saturated carbocycles. The number of amides is 1. The number of halogens is 1. The Labute approximate surface area is 148 Å². The maximum atomic E-state index is 12.2. The molecule has 2 N–H and O–H groups in total. The van der Waals surface area contributed by atoms with Crippen LogP contribution in [0.5, 0.6) is 0 Å². The van der Waals surface area contributed by atoms with E-state index < -0.39 is 0 Å². The Balaban J connectivity index is 1.68. The second-order valence-corrected chi connectivity index (χ2v) is 6.54. The molecule has 1 heterocycles. The van der Waals surface area contributed by atoms with Gasteiger partial charge in [0, 0.05) is 22.1 Å². The predicted octanol–water partition coefficient (Wildman–Crippen LogP) is 3.57. The van der Waals surface area contributed by atoms with Crippen molar-refractivity contribution < 1.29 is 4.79 Å². The van der Waals surface area contributed by atoms with Crippen LogP contribution in [0, 0.1) is 6.92 Å². The highest BCUT2D eigenvalue weighted by Gasteiger charge is 2.08. The third-order valence-corrected chi connectivity index (χ3v) is 4.60. The topological polar surface area (TPSA) is 62.0 Å². The summed E-state index contributed by atoms with van der Waals surface area (Å²) in [5.74, 6) is -0.0940. The molecule has 2 aromatic carbocycles. The quantitative estimate of drug-likeness (QED) is 0.721. The maximum absolute atomic E-state index is 12.2. The van der Waals surface area contributed by atoms with Crippen LogP contribution in [0.2, 0.25) is 0 Å². The Bertz CT molecular complexity index is 963. The van der Waals surface area contributed by atoms with Crippen molar-refractivity contribution in [1.29, 1.82) is 0 Å². The fourth-order valence-electron chi connectivity index (χ4n) is 2.58. The number of aromatic amines is 1. The molecule has 0 fully saturated rings. The summed E-state index contributed by atoms with van der Waals surface area (Å²) in [7, 11) is 0. The molecule has 0 spiro atoms. The number of nitrogens with one attached hydrogen (secondary N) is 2. The summed E-state index contributed by atoms with van der Waals surface area (Å²) in [6, 6.07) is 15.2. The van der Waals surface area contributed by atoms with Crippen molar-refractivity contribution in [2.24, 2.45) is 0 Å². The van der Waals surface area contributed by atoms with E-state index in [1.54, 1.807) is 13.0 Å². The van der Waals surface area contributed by atoms with E-state index in [1.807, 2.05) is 42.5 Å². The summed E-state index contributed by atoms with van der Waals surface area (Å²) in [6.45, 7) is 2.34. The first-order chi connectivity index (χ1) is 11.5. The number of hydrogen-bond donors (Lipinski definition) is 2. The van der Waals surface area contributed by atoms with Gasteiger partial charge in [-0.25, -0.2) is 0 Å². The number of rotatable bonds is 4. The molecule has 5 heteroatoms. The van der Waals surface area contributed by atoms with E-state index in [2.05, 4.69) is 26.2 Å². The summed E-state index contributed by atoms with van der Waals surface area (Å²) in [4.78, 5) is 26.6. The summed E-state index contributed by atoms with van der Waals surface area (Å²) in [5, 5.41) is 3.93. The van der Waals surface area contributed by atoms with Crippen LogP contribution in [0.3, 0.4) is 0 Å². The van der Waals surface area contributed by atoms with E-state index in [0.29, 0.717) is 17.7 Å². The van der Waals surface area contributed by atoms with Crippen LogP contribution in [0.25, 0.3) is 10.9 Å². The molecule has 0 aliphatic rings. The number of aromatic nitrogens is 1. The number of fused-ring (bicyclic) bond motifs is 1. The van der Waals surface area contributed by atoms with Gasteiger partial charge in [-0.1, -0.05) is 18.2 Å². The molecule has 3 aromatic rings. The summed E-state index contributed by atoms with van der Waals surface area (Å²) in [5.41, 5.74) is 3.20. The van der Waals surface area contributed by atoms with Crippen molar-refractivity contribution >= 4 is 32.7 Å². The molecule has 122 valence electrons. The van der Waals surface area contributed by atoms with Crippen LogP contribution in [-0.4, -0.2) is 17.4 Å². The minimum Gasteiger partial charge on any atom is -0.352 e. The van der Waals surface area contributed by atoms with Crippen LogP contribution in [0.15, 0.2) is 57.8 Å². The average molecular weight is 385 g/mol. The Morgan fingerprint density at radius 1 is 1.17 bits per heavy atom. The molecule has 0 aliphatic heterocycles. The minimum absolute atomic E-state index is 0.0593. The monoisotopic (exact) mass is 384 g/mol. The van der Waals surface area contributed by atoms with Gasteiger partial charge < -0.3 is 10.3 Å². The van der Waals surface area contributed by atoms with Gasteiger partial charge in [0.25, 0.3) is 11.5 Å². The summed E-state index contributed by atoms with van der Waals surface area (Å²) >= 11 is 3.38. The molecule has 0 aliphatic carbocycles. The number of aryl methyl sites for hydroxylation is 1. The van der Waals surface area contributed by atoms with Crippen LogP contribution in [-0.2, 0) is 6.42 Å². The second kappa shape index (κ2) is 7.01. The van der Waals surface area contributed by atoms with Crippen molar-refractivity contribution in [1.82, 2.24) is 10.3 Å². The van der Waals surface area contributed by atoms with Gasteiger partial charge in [0.05, 0.1) is 5.56 Å². The lowest BCUT2D eigenvalue weighted by atomic mass is 10.1. The first kappa shape index (κ1) is 16.5. The lowest BCUT2D eigenvalue weighted by Crippen LogP contribution is -2.26. The maximum Gasteiger partial charge on any atom is 0.252 e. The van der Waals surface area contributed by atoms with E-state index in [1.165, 1.54) is 0 Å². The van der Waals surface area contributed by atoms with E-state index in [9.17, 15) is 9.59 Å². The molecule has 24 heavy (non-hydrogen) atoms. The standard InChI is InChI=1S/C19H17BrN2O2/c1-12-10-14-11-13(6-7-17(14)22-18(12)23)8-9-21-19(24)15-4-2-3-5-16(15)20/h2-7,10-11H,8-9H2,1H3,(H,21,24)(H,22,23). The van der Waals surface area contributed by atoms with Crippen molar-refractivity contribution in [2.75, 3.05) is 6.54 Å². The molecule has 3 rings (SSSR count). The van der Waals surface area contributed by atoms with Crippen LogP contribution >= 0.6 is 15.9 Å². The lowest BCUT2D eigenvalue weighted by Gasteiger charge is -2.08. The van der Waals surface area contributed by atoms with Crippen molar-refractivity contribution in [2.45, 2.75) is 13.3 Å². The molecule has 0 atom stereocenters. The van der Waals surface area contributed by atoms with Crippen molar-refractivity contribution in [3.8, 4) is 0 Å². The summed E-state index contributed by atoms with van der Waals surface area (Å²) < 4.78 is 0.785. The number of hydrogen-bond acceptors (Lipinski definition) is 2. The lowest BCUT2D eigenvalue weighted by molar-refractivity contribution is 0.0953. The van der Waals surface area contributed by atoms with Crippen LogP contribution in [0.1, 0.15) is 21.5 Å². The average Bonchev–Trinajstić information content (AvgIpc) is 2.56.